The first kappa shape index (κ1) is 46.1. The van der Waals surface area contributed by atoms with Crippen LogP contribution in [0.4, 0.5) is 9.59 Å². The Bertz CT molecular complexity index is 1930. The van der Waals surface area contributed by atoms with Gasteiger partial charge in [0.25, 0.3) is 0 Å². The third-order valence-corrected chi connectivity index (χ3v) is 7.90. The number of carbonyl (C=O) groups is 6. The van der Waals surface area contributed by atoms with Gasteiger partial charge in [0, 0.05) is 25.7 Å². The summed E-state index contributed by atoms with van der Waals surface area (Å²) in [5, 5.41) is 111. The molecule has 32 nitrogen and oxygen atoms in total. The zero-order chi connectivity index (χ0) is 43.9. The second-order valence-electron chi connectivity index (χ2n) is 12.1. The van der Waals surface area contributed by atoms with E-state index in [1.807, 2.05) is 12.1 Å². The molecule has 4 amide bonds. The van der Waals surface area contributed by atoms with E-state index >= 15 is 0 Å². The number of nitriles is 2. The molecule has 0 aliphatic rings. The summed E-state index contributed by atoms with van der Waals surface area (Å²) in [7, 11) is 0. The van der Waals surface area contributed by atoms with E-state index in [2.05, 4.69) is 93.6 Å². The van der Waals surface area contributed by atoms with Gasteiger partial charge in [-0.1, -0.05) is 10.4 Å². The molecule has 0 bridgehead atoms. The maximum absolute atomic E-state index is 12.3. The third-order valence-electron chi connectivity index (χ3n) is 7.90. The van der Waals surface area contributed by atoms with Gasteiger partial charge in [-0.25, -0.2) is 38.1 Å². The number of hydrogen-bond donors (Lipinski definition) is 10. The first-order chi connectivity index (χ1) is 28.8. The van der Waals surface area contributed by atoms with Crippen molar-refractivity contribution in [3.05, 3.63) is 23.3 Å². The maximum atomic E-state index is 12.3. The van der Waals surface area contributed by atoms with Crippen molar-refractivity contribution in [1.29, 1.82) is 10.5 Å². The van der Waals surface area contributed by atoms with Gasteiger partial charge in [-0.2, -0.15) is 21.0 Å². The third kappa shape index (κ3) is 16.0. The van der Waals surface area contributed by atoms with Gasteiger partial charge in [-0.05, 0) is 46.5 Å². The number of hydrogen-bond acceptors (Lipinski definition) is 20. The number of amides is 4. The minimum absolute atomic E-state index is 0.00286. The van der Waals surface area contributed by atoms with E-state index in [1.165, 1.54) is 9.36 Å². The number of aryl methyl sites for hydroxylation is 6. The van der Waals surface area contributed by atoms with Crippen LogP contribution in [0.1, 0.15) is 61.8 Å². The second-order valence-corrected chi connectivity index (χ2v) is 12.1. The zero-order valence-corrected chi connectivity index (χ0v) is 31.2. The Morgan fingerprint density at radius 2 is 0.883 bits per heavy atom. The van der Waals surface area contributed by atoms with Gasteiger partial charge in [0.15, 0.2) is 23.3 Å². The molecule has 0 aliphatic heterocycles. The standard InChI is InChI=1S/C17H22N12O5.C11H16N10O5/c18-7-1-9-28-13(22-24-26-28)5-3-11(15(30)31)20-17(34)21-12(16(32)33)4-6-14-23-25-27-29(14)10-2-8-19;22-9(23)5(1-3-7-14-18-19-15-7)12-11(26)13-6(10(24)25)2-4-8-16-20-21-17-8/h11-12H,1-6,9-10H2,(H,30,31)(H,32,33)(H2,20,21,34);5-6H,1-4H2,(H,22,23)(H,24,25)(H2,12,13,26)(H,14,15,18,19)(H,16,17,20,21)/t11-,12-;5-,6-/m00/s1. The van der Waals surface area contributed by atoms with Crippen LogP contribution in [0.25, 0.3) is 0 Å². The molecule has 0 radical (unpaired) electrons. The lowest BCUT2D eigenvalue weighted by molar-refractivity contribution is -0.140. The average molecular weight is 843 g/mol. The number of nitrogens with one attached hydrogen (secondary N) is 6. The molecule has 4 atom stereocenters. The first-order valence-corrected chi connectivity index (χ1v) is 17.5. The maximum Gasteiger partial charge on any atom is 0.326 e. The largest absolute Gasteiger partial charge is 0.480 e. The lowest BCUT2D eigenvalue weighted by Gasteiger charge is -2.18. The molecular weight excluding hydrogens is 804 g/mol. The van der Waals surface area contributed by atoms with Gasteiger partial charge in [0.2, 0.25) is 0 Å². The smallest absolute Gasteiger partial charge is 0.326 e. The summed E-state index contributed by atoms with van der Waals surface area (Å²) in [6.45, 7) is 0.481. The van der Waals surface area contributed by atoms with Crippen LogP contribution in [0, 0.1) is 22.7 Å². The summed E-state index contributed by atoms with van der Waals surface area (Å²) in [6, 6.07) is -3.18. The topological polar surface area (TPSA) is 475 Å². The number of aliphatic carboxylic acids is 4. The van der Waals surface area contributed by atoms with Gasteiger partial charge < -0.3 is 41.7 Å². The van der Waals surface area contributed by atoms with Crippen LogP contribution in [0.15, 0.2) is 0 Å². The van der Waals surface area contributed by atoms with Gasteiger partial charge in [-0.15, -0.1) is 30.6 Å². The molecule has 60 heavy (non-hydrogen) atoms. The molecule has 4 aromatic heterocycles. The van der Waals surface area contributed by atoms with Crippen LogP contribution < -0.4 is 21.3 Å². The number of carboxylic acid groups (broad SMARTS) is 4. The van der Waals surface area contributed by atoms with Gasteiger partial charge >= 0.3 is 35.9 Å². The summed E-state index contributed by atoms with van der Waals surface area (Å²) in [5.74, 6) is -3.92. The minimum Gasteiger partial charge on any atom is -0.480 e. The first-order valence-electron chi connectivity index (χ1n) is 17.5. The van der Waals surface area contributed by atoms with Gasteiger partial charge in [-0.3, -0.25) is 0 Å². The Kier molecular flexibility index (Phi) is 18.7. The summed E-state index contributed by atoms with van der Waals surface area (Å²) >= 11 is 0. The monoisotopic (exact) mass is 842 g/mol. The Hall–Kier alpha value is -8.32. The molecular formula is C28H38N22O10. The van der Waals surface area contributed by atoms with Gasteiger partial charge in [0.05, 0.1) is 38.1 Å². The highest BCUT2D eigenvalue weighted by atomic mass is 16.4. The fraction of sp³-hybridized carbons (Fsp3) is 0.571. The van der Waals surface area contributed by atoms with Crippen molar-refractivity contribution in [1.82, 2.24) is 103 Å². The van der Waals surface area contributed by atoms with Crippen LogP contribution in [-0.4, -0.2) is 162 Å². The number of H-pyrrole nitrogens is 2. The molecule has 32 heteroatoms. The predicted octanol–water partition coefficient (Wildman–Crippen LogP) is -4.26. The number of urea groups is 2. The molecule has 320 valence electrons. The van der Waals surface area contributed by atoms with Crippen molar-refractivity contribution in [3.8, 4) is 12.1 Å². The van der Waals surface area contributed by atoms with Crippen molar-refractivity contribution in [2.75, 3.05) is 0 Å². The fourth-order valence-electron chi connectivity index (χ4n) is 4.88. The number of aromatic nitrogens is 16. The number of carboxylic acids is 4. The summed E-state index contributed by atoms with van der Waals surface area (Å²) in [6.07, 6.45) is 0.729. The normalized spacial score (nSPS) is 12.5. The summed E-state index contributed by atoms with van der Waals surface area (Å²) in [5.41, 5.74) is 0. The molecule has 4 rings (SSSR count). The molecule has 0 fully saturated rings. The number of tetrazole rings is 4. The van der Waals surface area contributed by atoms with Crippen molar-refractivity contribution >= 4 is 35.9 Å². The number of aromatic amines is 2. The van der Waals surface area contributed by atoms with E-state index in [1.54, 1.807) is 0 Å². The van der Waals surface area contributed by atoms with Crippen molar-refractivity contribution in [2.45, 2.75) is 101 Å². The van der Waals surface area contributed by atoms with Crippen LogP contribution in [0.5, 0.6) is 0 Å². The zero-order valence-electron chi connectivity index (χ0n) is 31.2. The van der Waals surface area contributed by atoms with Crippen LogP contribution in [0.3, 0.4) is 0 Å². The molecule has 10 N–H and O–H groups in total. The van der Waals surface area contributed by atoms with E-state index < -0.39 is 60.1 Å². The van der Waals surface area contributed by atoms with Crippen molar-refractivity contribution < 1.29 is 49.2 Å². The van der Waals surface area contributed by atoms with E-state index in [-0.39, 0.29) is 77.3 Å². The molecule has 0 aliphatic carbocycles. The van der Waals surface area contributed by atoms with E-state index in [9.17, 15) is 49.2 Å². The molecule has 4 heterocycles. The quantitative estimate of drug-likeness (QED) is 0.0319. The van der Waals surface area contributed by atoms with Crippen molar-refractivity contribution in [2.24, 2.45) is 0 Å². The fourth-order valence-corrected chi connectivity index (χ4v) is 4.88. The molecule has 0 saturated carbocycles. The molecule has 4 aromatic rings. The lowest BCUT2D eigenvalue weighted by Crippen LogP contribution is -2.51. The van der Waals surface area contributed by atoms with E-state index in [0.29, 0.717) is 23.3 Å². The molecule has 0 saturated heterocycles. The summed E-state index contributed by atoms with van der Waals surface area (Å²) in [4.78, 5) is 69.9. The number of rotatable bonds is 24. The van der Waals surface area contributed by atoms with E-state index in [0.717, 1.165) is 0 Å². The average Bonchev–Trinajstić information content (AvgIpc) is 4.06. The Balaban J connectivity index is 0.000000332. The summed E-state index contributed by atoms with van der Waals surface area (Å²) < 4.78 is 2.74. The lowest BCUT2D eigenvalue weighted by atomic mass is 10.1. The molecule has 0 spiro atoms. The Labute approximate surface area is 335 Å². The highest BCUT2D eigenvalue weighted by Gasteiger charge is 2.27. The second kappa shape index (κ2) is 24.3. The highest BCUT2D eigenvalue weighted by Crippen LogP contribution is 2.06. The highest BCUT2D eigenvalue weighted by molar-refractivity contribution is 5.86. The predicted molar refractivity (Wildman–Crippen MR) is 187 cm³/mol. The van der Waals surface area contributed by atoms with Crippen LogP contribution in [-0.2, 0) is 58.0 Å². The number of carbonyl (C=O) groups excluding carboxylic acids is 2. The van der Waals surface area contributed by atoms with Crippen molar-refractivity contribution in [3.63, 3.8) is 0 Å². The minimum atomic E-state index is -1.34. The number of nitrogens with zero attached hydrogens (tertiary/aromatic N) is 16. The van der Waals surface area contributed by atoms with Crippen LogP contribution >= 0.6 is 0 Å². The molecule has 0 aromatic carbocycles. The van der Waals surface area contributed by atoms with Crippen LogP contribution in [0.2, 0.25) is 0 Å². The Morgan fingerprint density at radius 3 is 1.17 bits per heavy atom. The Morgan fingerprint density at radius 1 is 0.550 bits per heavy atom. The molecule has 0 unspecified atom stereocenters. The van der Waals surface area contributed by atoms with E-state index in [4.69, 9.17) is 10.5 Å². The SMILES string of the molecule is N#CCCn1nnnc1CC[C@H](NC(=O)N[C@@H](CCc1nnnn1CCC#N)C(=O)O)C(=O)O.O=C(N[C@@H](CCc1nn[nH]n1)C(=O)O)N[C@@H](CCc1nn[nH]n1)C(=O)O. The van der Waals surface area contributed by atoms with Gasteiger partial charge in [0.1, 0.15) is 24.2 Å².